The van der Waals surface area contributed by atoms with E-state index >= 15 is 0 Å². The second kappa shape index (κ2) is 10.0. The molecule has 2 aromatic rings. The third kappa shape index (κ3) is 5.52. The quantitative estimate of drug-likeness (QED) is 0.437. The van der Waals surface area contributed by atoms with Crippen LogP contribution in [0.15, 0.2) is 47.5 Å². The molecule has 0 bridgehead atoms. The standard InChI is InChI=1S/C24H30N4O5S/c1-6-27(14-21(29)15-34(31,32)33)20-12-16(2)22(17(3)13-20)25-23-18(4)26(5)28(24(23)30)19-10-8-7-9-11-19/h7-13,21,29H,6,14-15H2,1-5H3/p+1. The summed E-state index contributed by atoms with van der Waals surface area (Å²) in [5.41, 5.74) is 5.01. The van der Waals surface area contributed by atoms with Gasteiger partial charge in [-0.25, -0.2) is 4.99 Å². The molecule has 1 amide bonds. The highest BCUT2D eigenvalue weighted by Gasteiger charge is 2.41. The molecule has 1 aliphatic rings. The molecule has 1 atom stereocenters. The molecule has 0 saturated heterocycles. The zero-order valence-corrected chi connectivity index (χ0v) is 20.9. The number of aliphatic hydroxyl groups is 1. The lowest BCUT2D eigenvalue weighted by atomic mass is 10.1. The highest BCUT2D eigenvalue weighted by Crippen LogP contribution is 2.31. The molecule has 34 heavy (non-hydrogen) atoms. The molecule has 0 aromatic heterocycles. The number of aliphatic imine (C=N–C) groups is 1. The fourth-order valence-corrected chi connectivity index (χ4v) is 4.65. The maximum atomic E-state index is 13.2. The Bertz CT molecular complexity index is 1230. The highest BCUT2D eigenvalue weighted by atomic mass is 32.2. The first kappa shape index (κ1) is 25.5. The summed E-state index contributed by atoms with van der Waals surface area (Å²) in [4.78, 5) is 19.8. The SMILES string of the molecule is CCN(CC(O)CS(=O)(=O)O)c1cc(C)c(N=C2C(=O)N(c3ccccc3)[N+](C)=C2C)c(C)c1. The Morgan fingerprint density at radius 2 is 1.71 bits per heavy atom. The maximum Gasteiger partial charge on any atom is 0.338 e. The monoisotopic (exact) mass is 487 g/mol. The number of hydrogen-bond acceptors (Lipinski definition) is 6. The van der Waals surface area contributed by atoms with Crippen LogP contribution < -0.4 is 9.91 Å². The number of likely N-dealkylation sites (N-methyl/N-ethyl adjacent to an activating group) is 1. The van der Waals surface area contributed by atoms with Gasteiger partial charge in [0.15, 0.2) is 7.05 Å². The van der Waals surface area contributed by atoms with Crippen LogP contribution in [0, 0.1) is 13.8 Å². The van der Waals surface area contributed by atoms with Crippen LogP contribution in [0.4, 0.5) is 17.1 Å². The number of carbonyl (C=O) groups is 1. The van der Waals surface area contributed by atoms with E-state index in [0.717, 1.165) is 28.2 Å². The van der Waals surface area contributed by atoms with Crippen molar-refractivity contribution >= 4 is 44.5 Å². The van der Waals surface area contributed by atoms with Gasteiger partial charge in [-0.05, 0) is 56.2 Å². The van der Waals surface area contributed by atoms with Crippen molar-refractivity contribution in [2.75, 3.05) is 35.8 Å². The Kier molecular flexibility index (Phi) is 7.54. The zero-order chi connectivity index (χ0) is 25.2. The first-order chi connectivity index (χ1) is 15.9. The van der Waals surface area contributed by atoms with Gasteiger partial charge in [0.25, 0.3) is 10.1 Å². The Morgan fingerprint density at radius 1 is 1.12 bits per heavy atom. The second-order valence-corrected chi connectivity index (χ2v) is 9.89. The summed E-state index contributed by atoms with van der Waals surface area (Å²) in [6.45, 7) is 8.11. The summed E-state index contributed by atoms with van der Waals surface area (Å²) in [7, 11) is -2.45. The summed E-state index contributed by atoms with van der Waals surface area (Å²) in [5.74, 6) is -0.937. The highest BCUT2D eigenvalue weighted by molar-refractivity contribution is 7.85. The van der Waals surface area contributed by atoms with E-state index in [2.05, 4.69) is 0 Å². The third-order valence-corrected chi connectivity index (χ3v) is 6.61. The largest absolute Gasteiger partial charge is 0.390 e. The van der Waals surface area contributed by atoms with Crippen LogP contribution in [-0.4, -0.2) is 72.1 Å². The van der Waals surface area contributed by atoms with Gasteiger partial charge in [-0.15, -0.1) is 4.68 Å². The molecule has 1 heterocycles. The molecule has 182 valence electrons. The van der Waals surface area contributed by atoms with E-state index in [4.69, 9.17) is 9.55 Å². The molecule has 0 fully saturated rings. The van der Waals surface area contributed by atoms with E-state index in [1.807, 2.05) is 82.1 Å². The summed E-state index contributed by atoms with van der Waals surface area (Å²) in [5, 5.41) is 11.7. The van der Waals surface area contributed by atoms with Crippen molar-refractivity contribution in [3.63, 3.8) is 0 Å². The number of amides is 1. The molecule has 2 aromatic carbocycles. The van der Waals surface area contributed by atoms with Gasteiger partial charge in [0.2, 0.25) is 11.4 Å². The minimum Gasteiger partial charge on any atom is -0.390 e. The first-order valence-electron chi connectivity index (χ1n) is 11.0. The minimum absolute atomic E-state index is 0.0469. The fraction of sp³-hybridized carbons (Fsp3) is 0.375. The number of nitrogens with zero attached hydrogens (tertiary/aromatic N) is 4. The van der Waals surface area contributed by atoms with Crippen LogP contribution in [0.3, 0.4) is 0 Å². The van der Waals surface area contributed by atoms with Crippen LogP contribution >= 0.6 is 0 Å². The van der Waals surface area contributed by atoms with E-state index in [-0.39, 0.29) is 12.5 Å². The van der Waals surface area contributed by atoms with E-state index in [0.29, 0.717) is 17.9 Å². The number of para-hydroxylation sites is 1. The van der Waals surface area contributed by atoms with Gasteiger partial charge >= 0.3 is 5.91 Å². The predicted molar refractivity (Wildman–Crippen MR) is 134 cm³/mol. The van der Waals surface area contributed by atoms with E-state index < -0.39 is 22.0 Å². The van der Waals surface area contributed by atoms with Crippen LogP contribution in [0.1, 0.15) is 25.0 Å². The zero-order valence-electron chi connectivity index (χ0n) is 20.1. The molecule has 0 saturated carbocycles. The van der Waals surface area contributed by atoms with Crippen molar-refractivity contribution in [1.29, 1.82) is 0 Å². The minimum atomic E-state index is -4.27. The lowest BCUT2D eigenvalue weighted by molar-refractivity contribution is -0.495. The molecule has 9 nitrogen and oxygen atoms in total. The van der Waals surface area contributed by atoms with Crippen LogP contribution in [-0.2, 0) is 14.9 Å². The average molecular weight is 488 g/mol. The summed E-state index contributed by atoms with van der Waals surface area (Å²) >= 11 is 0. The van der Waals surface area contributed by atoms with E-state index in [1.165, 1.54) is 0 Å². The predicted octanol–water partition coefficient (Wildman–Crippen LogP) is 2.52. The van der Waals surface area contributed by atoms with Crippen molar-refractivity contribution in [3.8, 4) is 0 Å². The van der Waals surface area contributed by atoms with Gasteiger partial charge in [0, 0.05) is 25.7 Å². The van der Waals surface area contributed by atoms with Gasteiger partial charge in [-0.1, -0.05) is 23.2 Å². The maximum absolute atomic E-state index is 13.2. The van der Waals surface area contributed by atoms with Crippen LogP contribution in [0.25, 0.3) is 0 Å². The first-order valence-corrected chi connectivity index (χ1v) is 12.6. The lowest BCUT2D eigenvalue weighted by Gasteiger charge is -2.26. The number of benzene rings is 2. The number of carbonyl (C=O) groups excluding carboxylic acids is 1. The van der Waals surface area contributed by atoms with E-state index in [9.17, 15) is 18.3 Å². The van der Waals surface area contributed by atoms with Crippen molar-refractivity contribution in [2.24, 2.45) is 4.99 Å². The normalized spacial score (nSPS) is 16.5. The molecule has 0 radical (unpaired) electrons. The van der Waals surface area contributed by atoms with Crippen LogP contribution in [0.2, 0.25) is 0 Å². The molecule has 3 rings (SSSR count). The molecule has 2 N–H and O–H groups in total. The molecular weight excluding hydrogens is 456 g/mol. The molecular formula is C24H31N4O5S+. The van der Waals surface area contributed by atoms with Crippen LogP contribution in [0.5, 0.6) is 0 Å². The van der Waals surface area contributed by atoms with Crippen molar-refractivity contribution in [2.45, 2.75) is 33.8 Å². The number of hydrazine groups is 1. The van der Waals surface area contributed by atoms with Crippen molar-refractivity contribution in [3.05, 3.63) is 53.6 Å². The molecule has 1 aliphatic heterocycles. The topological polar surface area (TPSA) is 114 Å². The van der Waals surface area contributed by atoms with Crippen molar-refractivity contribution < 1.29 is 27.6 Å². The van der Waals surface area contributed by atoms with Gasteiger partial charge in [0.1, 0.15) is 11.4 Å². The number of aliphatic hydroxyl groups excluding tert-OH is 1. The third-order valence-electron chi connectivity index (χ3n) is 5.80. The molecule has 0 spiro atoms. The Balaban J connectivity index is 1.92. The summed E-state index contributed by atoms with van der Waals surface area (Å²) in [6.07, 6.45) is -1.23. The van der Waals surface area contributed by atoms with Gasteiger partial charge in [-0.3, -0.25) is 9.35 Å². The Labute approximate surface area is 200 Å². The summed E-state index contributed by atoms with van der Waals surface area (Å²) in [6, 6.07) is 13.2. The Morgan fingerprint density at radius 3 is 2.24 bits per heavy atom. The number of anilines is 2. The second-order valence-electron chi connectivity index (χ2n) is 8.39. The number of hydrogen-bond donors (Lipinski definition) is 2. The average Bonchev–Trinajstić information content (AvgIpc) is 2.96. The number of aryl methyl sites for hydroxylation is 2. The number of hydrazone groups is 1. The number of rotatable bonds is 8. The van der Waals surface area contributed by atoms with Crippen molar-refractivity contribution in [1.82, 2.24) is 0 Å². The van der Waals surface area contributed by atoms with Gasteiger partial charge in [-0.2, -0.15) is 8.42 Å². The van der Waals surface area contributed by atoms with Gasteiger partial charge in [0.05, 0.1) is 11.8 Å². The molecule has 0 aliphatic carbocycles. The summed E-state index contributed by atoms with van der Waals surface area (Å²) < 4.78 is 32.9. The molecule has 1 unspecified atom stereocenters. The van der Waals surface area contributed by atoms with E-state index in [1.54, 1.807) is 9.69 Å². The fourth-order valence-electron chi connectivity index (χ4n) is 4.05. The molecule has 10 heteroatoms. The smallest absolute Gasteiger partial charge is 0.338 e. The Hall–Kier alpha value is -3.08. The van der Waals surface area contributed by atoms with Gasteiger partial charge < -0.3 is 10.0 Å². The lowest BCUT2D eigenvalue weighted by Crippen LogP contribution is -2.36.